The van der Waals surface area contributed by atoms with E-state index in [0.29, 0.717) is 11.4 Å². The summed E-state index contributed by atoms with van der Waals surface area (Å²) in [5.74, 6) is -0.214. The Balaban J connectivity index is 1.84. The van der Waals surface area contributed by atoms with Crippen LogP contribution in [-0.2, 0) is 4.79 Å². The number of benzene rings is 2. The average Bonchev–Trinajstić information content (AvgIpc) is 2.71. The number of allylic oxidation sites excluding steroid dienone is 4. The van der Waals surface area contributed by atoms with Gasteiger partial charge in [0.25, 0.3) is 0 Å². The lowest BCUT2D eigenvalue weighted by Crippen LogP contribution is -2.07. The van der Waals surface area contributed by atoms with Gasteiger partial charge in [-0.1, -0.05) is 61.7 Å². The zero-order chi connectivity index (χ0) is 19.9. The van der Waals surface area contributed by atoms with Crippen molar-refractivity contribution in [1.82, 2.24) is 4.98 Å². The van der Waals surface area contributed by atoms with Crippen molar-refractivity contribution >= 4 is 39.8 Å². The van der Waals surface area contributed by atoms with Gasteiger partial charge < -0.3 is 11.1 Å². The van der Waals surface area contributed by atoms with E-state index < -0.39 is 0 Å². The molecule has 0 spiro atoms. The van der Waals surface area contributed by atoms with E-state index in [-0.39, 0.29) is 5.91 Å². The summed E-state index contributed by atoms with van der Waals surface area (Å²) in [6, 6.07) is 16.9. The summed E-state index contributed by atoms with van der Waals surface area (Å²) in [5.41, 5.74) is 10.7. The van der Waals surface area contributed by atoms with Crippen LogP contribution in [0.3, 0.4) is 0 Å². The Hall–Kier alpha value is -3.92. The van der Waals surface area contributed by atoms with Crippen LogP contribution in [0, 0.1) is 0 Å². The lowest BCUT2D eigenvalue weighted by Gasteiger charge is -2.09. The number of anilines is 2. The smallest absolute Gasteiger partial charge is 0.248 e. The summed E-state index contributed by atoms with van der Waals surface area (Å²) in [4.78, 5) is 16.8. The van der Waals surface area contributed by atoms with Gasteiger partial charge in [0.15, 0.2) is 0 Å². The number of rotatable bonds is 6. The zero-order valence-corrected chi connectivity index (χ0v) is 15.4. The Morgan fingerprint density at radius 1 is 1.07 bits per heavy atom. The molecule has 1 heterocycles. The monoisotopic (exact) mass is 367 g/mol. The summed E-state index contributed by atoms with van der Waals surface area (Å²) >= 11 is 0. The number of pyridine rings is 1. The maximum atomic E-state index is 12.2. The molecule has 4 nitrogen and oxygen atoms in total. The number of hydrogen-bond donors (Lipinski definition) is 2. The Kier molecular flexibility index (Phi) is 5.82. The molecule has 28 heavy (non-hydrogen) atoms. The largest absolute Gasteiger partial charge is 0.398 e. The molecule has 4 heteroatoms. The molecule has 0 aliphatic rings. The van der Waals surface area contributed by atoms with E-state index in [1.165, 1.54) is 6.08 Å². The van der Waals surface area contributed by atoms with E-state index in [1.54, 1.807) is 30.4 Å². The number of nitrogens with zero attached hydrogens (tertiary/aromatic N) is 1. The van der Waals surface area contributed by atoms with Crippen molar-refractivity contribution in [2.45, 2.75) is 0 Å². The predicted molar refractivity (Wildman–Crippen MR) is 119 cm³/mol. The number of amides is 1. The molecule has 3 aromatic rings. The van der Waals surface area contributed by atoms with Gasteiger partial charge in [0.05, 0.1) is 11.2 Å². The Morgan fingerprint density at radius 3 is 2.57 bits per heavy atom. The molecule has 0 atom stereocenters. The minimum absolute atomic E-state index is 0.214. The van der Waals surface area contributed by atoms with E-state index in [4.69, 9.17) is 5.73 Å². The molecule has 0 bridgehead atoms. The van der Waals surface area contributed by atoms with Crippen molar-refractivity contribution in [3.8, 4) is 0 Å². The molecular weight excluding hydrogens is 346 g/mol. The number of nitrogens with one attached hydrogen (secondary N) is 1. The summed E-state index contributed by atoms with van der Waals surface area (Å²) in [7, 11) is 0. The fourth-order valence-corrected chi connectivity index (χ4v) is 2.78. The first-order valence-electron chi connectivity index (χ1n) is 8.80. The highest BCUT2D eigenvalue weighted by atomic mass is 16.1. The van der Waals surface area contributed by atoms with E-state index in [9.17, 15) is 4.79 Å². The van der Waals surface area contributed by atoms with Crippen molar-refractivity contribution in [3.05, 3.63) is 103 Å². The topological polar surface area (TPSA) is 68.0 Å². The molecule has 138 valence electrons. The molecule has 0 unspecified atom stereocenters. The molecule has 1 amide bonds. The number of aromatic nitrogens is 1. The van der Waals surface area contributed by atoms with Gasteiger partial charge >= 0.3 is 0 Å². The normalized spacial score (nSPS) is 11.5. The van der Waals surface area contributed by atoms with Crippen LogP contribution in [-0.4, -0.2) is 10.9 Å². The molecule has 0 fully saturated rings. The van der Waals surface area contributed by atoms with Crippen LogP contribution in [0.4, 0.5) is 11.4 Å². The van der Waals surface area contributed by atoms with Crippen molar-refractivity contribution in [1.29, 1.82) is 0 Å². The summed E-state index contributed by atoms with van der Waals surface area (Å²) in [6.07, 6.45) is 8.49. The number of carbonyl (C=O) groups is 1. The molecule has 0 saturated heterocycles. The van der Waals surface area contributed by atoms with Gasteiger partial charge in [-0.25, -0.2) is 4.98 Å². The standard InChI is InChI=1S/C24H21N3O/c1-3-8-18(4-2)23-16-21(25)20-15-19(12-13-22(20)27-23)26-24(28)14-11-17-9-6-5-7-10-17/h3-16H,1-2H2,(H2,25,27)(H,26,28)/b14-11+,18-8+. The number of nitrogens with two attached hydrogens (primary N) is 1. The third kappa shape index (κ3) is 4.43. The third-order valence-electron chi connectivity index (χ3n) is 4.15. The molecule has 3 N–H and O–H groups in total. The van der Waals surface area contributed by atoms with Gasteiger partial charge in [0, 0.05) is 22.8 Å². The predicted octanol–water partition coefficient (Wildman–Crippen LogP) is 5.22. The van der Waals surface area contributed by atoms with Crippen LogP contribution >= 0.6 is 0 Å². The second kappa shape index (κ2) is 8.64. The van der Waals surface area contributed by atoms with Crippen LogP contribution in [0.2, 0.25) is 0 Å². The summed E-state index contributed by atoms with van der Waals surface area (Å²) in [5, 5.41) is 3.62. The fourth-order valence-electron chi connectivity index (χ4n) is 2.78. The maximum Gasteiger partial charge on any atom is 0.248 e. The molecule has 2 aromatic carbocycles. The third-order valence-corrected chi connectivity index (χ3v) is 4.15. The minimum Gasteiger partial charge on any atom is -0.398 e. The maximum absolute atomic E-state index is 12.2. The van der Waals surface area contributed by atoms with Crippen LogP contribution in [0.5, 0.6) is 0 Å². The lowest BCUT2D eigenvalue weighted by atomic mass is 10.1. The van der Waals surface area contributed by atoms with Gasteiger partial charge in [-0.3, -0.25) is 4.79 Å². The van der Waals surface area contributed by atoms with Gasteiger partial charge in [-0.15, -0.1) is 0 Å². The molecule has 0 radical (unpaired) electrons. The van der Waals surface area contributed by atoms with Crippen LogP contribution in [0.25, 0.3) is 22.6 Å². The molecule has 3 rings (SSSR count). The molecule has 0 saturated carbocycles. The average molecular weight is 367 g/mol. The van der Waals surface area contributed by atoms with E-state index in [0.717, 1.165) is 27.7 Å². The summed E-state index contributed by atoms with van der Waals surface area (Å²) in [6.45, 7) is 7.50. The first kappa shape index (κ1) is 18.9. The first-order chi connectivity index (χ1) is 13.6. The SMILES string of the molecule is C=C/C=C(\C=C)c1cc(N)c2cc(NC(=O)/C=C/c3ccccc3)ccc2n1. The van der Waals surface area contributed by atoms with Gasteiger partial charge in [0.2, 0.25) is 5.91 Å². The van der Waals surface area contributed by atoms with Crippen LogP contribution in [0.1, 0.15) is 11.3 Å². The molecular formula is C24H21N3O. The Morgan fingerprint density at radius 2 is 1.86 bits per heavy atom. The number of nitrogen functional groups attached to an aromatic ring is 1. The highest BCUT2D eigenvalue weighted by molar-refractivity contribution is 6.04. The number of fused-ring (bicyclic) bond motifs is 1. The lowest BCUT2D eigenvalue weighted by molar-refractivity contribution is -0.111. The van der Waals surface area contributed by atoms with E-state index >= 15 is 0 Å². The number of carbonyl (C=O) groups excluding carboxylic acids is 1. The van der Waals surface area contributed by atoms with Crippen LogP contribution in [0.15, 0.2) is 92.1 Å². The quantitative estimate of drug-likeness (QED) is 0.463. The first-order valence-corrected chi connectivity index (χ1v) is 8.80. The second-order valence-corrected chi connectivity index (χ2v) is 6.12. The number of hydrogen-bond acceptors (Lipinski definition) is 3. The van der Waals surface area contributed by atoms with Gasteiger partial charge in [-0.2, -0.15) is 0 Å². The molecule has 1 aromatic heterocycles. The van der Waals surface area contributed by atoms with Crippen molar-refractivity contribution in [2.24, 2.45) is 0 Å². The van der Waals surface area contributed by atoms with Crippen molar-refractivity contribution in [3.63, 3.8) is 0 Å². The van der Waals surface area contributed by atoms with Gasteiger partial charge in [-0.05, 0) is 41.5 Å². The zero-order valence-electron chi connectivity index (χ0n) is 15.4. The molecule has 0 aliphatic heterocycles. The van der Waals surface area contributed by atoms with E-state index in [1.807, 2.05) is 48.5 Å². The highest BCUT2D eigenvalue weighted by Gasteiger charge is 2.07. The van der Waals surface area contributed by atoms with Crippen LogP contribution < -0.4 is 11.1 Å². The summed E-state index contributed by atoms with van der Waals surface area (Å²) < 4.78 is 0. The minimum atomic E-state index is -0.214. The fraction of sp³-hybridized carbons (Fsp3) is 0. The van der Waals surface area contributed by atoms with Crippen molar-refractivity contribution in [2.75, 3.05) is 11.1 Å². The van der Waals surface area contributed by atoms with E-state index in [2.05, 4.69) is 23.5 Å². The second-order valence-electron chi connectivity index (χ2n) is 6.12. The molecule has 0 aliphatic carbocycles. The Labute approximate surface area is 164 Å². The van der Waals surface area contributed by atoms with Gasteiger partial charge in [0.1, 0.15) is 0 Å². The van der Waals surface area contributed by atoms with Crippen molar-refractivity contribution < 1.29 is 4.79 Å². The highest BCUT2D eigenvalue weighted by Crippen LogP contribution is 2.27. The Bertz CT molecular complexity index is 1100.